The number of carbonyl (C=O) groups is 2. The Morgan fingerprint density at radius 3 is 2.12 bits per heavy atom. The van der Waals surface area contributed by atoms with E-state index in [1.807, 2.05) is 26.0 Å². The minimum atomic E-state index is -5.08. The summed E-state index contributed by atoms with van der Waals surface area (Å²) in [5, 5.41) is 0. The lowest BCUT2D eigenvalue weighted by atomic mass is 9.77. The average molecular weight is 567 g/mol. The molecule has 40 heavy (non-hydrogen) atoms. The number of ether oxygens (including phenoxy) is 3. The number of benzene rings is 2. The largest absolute Gasteiger partial charge is 0.575 e. The van der Waals surface area contributed by atoms with E-state index in [2.05, 4.69) is 9.64 Å². The number of hydrogen-bond acceptors (Lipinski definition) is 6. The number of likely N-dealkylation sites (tertiary alicyclic amines) is 2. The van der Waals surface area contributed by atoms with Gasteiger partial charge in [-0.25, -0.2) is 9.18 Å². The summed E-state index contributed by atoms with van der Waals surface area (Å²) in [6, 6.07) is 8.79. The van der Waals surface area contributed by atoms with Crippen molar-refractivity contribution in [2.24, 2.45) is 5.41 Å². The molecule has 1 unspecified atom stereocenters. The number of alkyl halides is 3. The fourth-order valence-electron chi connectivity index (χ4n) is 5.56. The summed E-state index contributed by atoms with van der Waals surface area (Å²) in [5.41, 5.74) is 2.12. The Morgan fingerprint density at radius 1 is 1.02 bits per heavy atom. The zero-order valence-electron chi connectivity index (χ0n) is 22.9. The first-order valence-corrected chi connectivity index (χ1v) is 13.4. The maximum atomic E-state index is 13.6. The van der Waals surface area contributed by atoms with Crippen LogP contribution in [-0.4, -0.2) is 66.9 Å². The van der Waals surface area contributed by atoms with Crippen LogP contribution < -0.4 is 9.47 Å². The molecule has 2 aromatic rings. The molecule has 0 aromatic heterocycles. The van der Waals surface area contributed by atoms with Gasteiger partial charge in [-0.15, -0.1) is 13.2 Å². The second-order valence-corrected chi connectivity index (χ2v) is 10.4. The quantitative estimate of drug-likeness (QED) is 0.293. The third-order valence-corrected chi connectivity index (χ3v) is 7.56. The zero-order chi connectivity index (χ0) is 29.1. The first-order chi connectivity index (χ1) is 18.9. The van der Waals surface area contributed by atoms with Crippen molar-refractivity contribution in [3.05, 3.63) is 47.8 Å². The van der Waals surface area contributed by atoms with Crippen molar-refractivity contribution in [3.8, 4) is 22.6 Å². The Bertz CT molecular complexity index is 1180. The lowest BCUT2D eigenvalue weighted by molar-refractivity contribution is -0.307. The van der Waals surface area contributed by atoms with Crippen LogP contribution in [0.3, 0.4) is 0 Å². The molecule has 0 aliphatic carbocycles. The minimum Gasteiger partial charge on any atom is -0.493 e. The molecular weight excluding hydrogens is 532 g/mol. The molecular formula is C29H34F4N2O5. The van der Waals surface area contributed by atoms with Crippen molar-refractivity contribution in [3.63, 3.8) is 0 Å². The van der Waals surface area contributed by atoms with Crippen LogP contribution in [0.15, 0.2) is 36.4 Å². The summed E-state index contributed by atoms with van der Waals surface area (Å²) in [7, 11) is 0. The number of amides is 1. The van der Waals surface area contributed by atoms with Crippen LogP contribution in [0, 0.1) is 11.2 Å². The third kappa shape index (κ3) is 6.86. The fraction of sp³-hybridized carbons (Fsp3) is 0.517. The molecule has 2 aliphatic rings. The third-order valence-electron chi connectivity index (χ3n) is 7.56. The highest BCUT2D eigenvalue weighted by atomic mass is 19.4. The standard InChI is InChI=1S/C29H34F4N2O5/c1-4-38-23-14-20(15-24(39-5-2)26(23)21-6-8-22(30)9-7-21)17-34-12-10-28(11-13-34)16-25(36)35(18-28)19(3)27(37)40-29(31,32)33/h6-9,14-15,19H,4-5,10-13,16-18H2,1-3H3. The topological polar surface area (TPSA) is 68.3 Å². The van der Waals surface area contributed by atoms with Gasteiger partial charge in [0.2, 0.25) is 5.91 Å². The molecule has 0 saturated carbocycles. The van der Waals surface area contributed by atoms with Gasteiger partial charge in [-0.2, -0.15) is 0 Å². The van der Waals surface area contributed by atoms with Crippen molar-refractivity contribution >= 4 is 11.9 Å². The number of nitrogens with zero attached hydrogens (tertiary/aromatic N) is 2. The molecule has 2 aromatic carbocycles. The van der Waals surface area contributed by atoms with Gasteiger partial charge in [-0.1, -0.05) is 12.1 Å². The lowest BCUT2D eigenvalue weighted by Crippen LogP contribution is -2.45. The molecule has 2 heterocycles. The monoisotopic (exact) mass is 566 g/mol. The van der Waals surface area contributed by atoms with Gasteiger partial charge in [-0.3, -0.25) is 9.69 Å². The van der Waals surface area contributed by atoms with E-state index in [1.54, 1.807) is 12.1 Å². The Labute approximate surface area is 231 Å². The predicted molar refractivity (Wildman–Crippen MR) is 139 cm³/mol. The summed E-state index contributed by atoms with van der Waals surface area (Å²) in [6.45, 7) is 8.11. The number of halogens is 4. The second kappa shape index (κ2) is 12.0. The normalized spacial score (nSPS) is 18.2. The van der Waals surface area contributed by atoms with E-state index in [4.69, 9.17) is 9.47 Å². The first kappa shape index (κ1) is 29.6. The van der Waals surface area contributed by atoms with Crippen molar-refractivity contribution in [1.82, 2.24) is 9.80 Å². The van der Waals surface area contributed by atoms with E-state index in [0.717, 1.165) is 16.7 Å². The average Bonchev–Trinajstić information content (AvgIpc) is 3.20. The van der Waals surface area contributed by atoms with Gasteiger partial charge in [-0.05, 0) is 87.5 Å². The number of carbonyl (C=O) groups excluding carboxylic acids is 2. The van der Waals surface area contributed by atoms with Crippen molar-refractivity contribution in [2.75, 3.05) is 32.8 Å². The molecule has 1 amide bonds. The number of esters is 1. The minimum absolute atomic E-state index is 0.194. The van der Waals surface area contributed by atoms with E-state index >= 15 is 0 Å². The highest BCUT2D eigenvalue weighted by Gasteiger charge is 2.48. The van der Waals surface area contributed by atoms with E-state index in [1.165, 1.54) is 24.0 Å². The Hall–Kier alpha value is -3.34. The molecule has 11 heteroatoms. The SMILES string of the molecule is CCOc1cc(CN2CCC3(CC2)CC(=O)N(C(C)C(=O)OC(F)(F)F)C3)cc(OCC)c1-c1ccc(F)cc1. The summed E-state index contributed by atoms with van der Waals surface area (Å²) in [4.78, 5) is 28.0. The van der Waals surface area contributed by atoms with Gasteiger partial charge in [0, 0.05) is 19.5 Å². The van der Waals surface area contributed by atoms with Gasteiger partial charge in [0.15, 0.2) is 0 Å². The van der Waals surface area contributed by atoms with Gasteiger partial charge >= 0.3 is 12.3 Å². The first-order valence-electron chi connectivity index (χ1n) is 13.4. The molecule has 1 spiro atoms. The Kier molecular flexibility index (Phi) is 8.92. The van der Waals surface area contributed by atoms with E-state index < -0.39 is 18.4 Å². The smallest absolute Gasteiger partial charge is 0.493 e. The zero-order valence-corrected chi connectivity index (χ0v) is 22.9. The molecule has 218 valence electrons. The van der Waals surface area contributed by atoms with E-state index in [-0.39, 0.29) is 30.1 Å². The number of rotatable bonds is 9. The summed E-state index contributed by atoms with van der Waals surface area (Å²) in [6.07, 6.45) is -3.56. The van der Waals surface area contributed by atoms with Crippen molar-refractivity contribution in [2.45, 2.75) is 59.0 Å². The van der Waals surface area contributed by atoms with Crippen LogP contribution in [0.4, 0.5) is 17.6 Å². The lowest BCUT2D eigenvalue weighted by Gasteiger charge is -2.39. The van der Waals surface area contributed by atoms with Gasteiger partial charge in [0.05, 0.1) is 18.8 Å². The molecule has 4 rings (SSSR count). The van der Waals surface area contributed by atoms with Crippen molar-refractivity contribution in [1.29, 1.82) is 0 Å². The maximum Gasteiger partial charge on any atom is 0.575 e. The van der Waals surface area contributed by atoms with Crippen LogP contribution in [-0.2, 0) is 20.9 Å². The highest BCUT2D eigenvalue weighted by Crippen LogP contribution is 2.43. The molecule has 2 fully saturated rings. The summed E-state index contributed by atoms with van der Waals surface area (Å²) >= 11 is 0. The second-order valence-electron chi connectivity index (χ2n) is 10.4. The van der Waals surface area contributed by atoms with Gasteiger partial charge in [0.25, 0.3) is 0 Å². The molecule has 0 radical (unpaired) electrons. The molecule has 7 nitrogen and oxygen atoms in total. The summed E-state index contributed by atoms with van der Waals surface area (Å²) < 4.78 is 66.5. The Morgan fingerprint density at radius 2 is 1.60 bits per heavy atom. The van der Waals surface area contributed by atoms with E-state index in [0.29, 0.717) is 57.2 Å². The molecule has 0 N–H and O–H groups in total. The van der Waals surface area contributed by atoms with Crippen LogP contribution in [0.25, 0.3) is 11.1 Å². The number of piperidine rings is 1. The highest BCUT2D eigenvalue weighted by molar-refractivity contribution is 5.86. The molecule has 2 aliphatic heterocycles. The van der Waals surface area contributed by atoms with E-state index in [9.17, 15) is 27.2 Å². The fourth-order valence-corrected chi connectivity index (χ4v) is 5.56. The van der Waals surface area contributed by atoms with Gasteiger partial charge < -0.3 is 19.1 Å². The van der Waals surface area contributed by atoms with Crippen molar-refractivity contribution < 1.29 is 41.4 Å². The van der Waals surface area contributed by atoms with Crippen LogP contribution in [0.2, 0.25) is 0 Å². The van der Waals surface area contributed by atoms with Gasteiger partial charge in [0.1, 0.15) is 23.4 Å². The molecule has 0 bridgehead atoms. The summed E-state index contributed by atoms with van der Waals surface area (Å²) in [5.74, 6) is -0.865. The van der Waals surface area contributed by atoms with Crippen LogP contribution in [0.1, 0.15) is 45.6 Å². The molecule has 1 atom stereocenters. The molecule has 2 saturated heterocycles. The Balaban J connectivity index is 1.46. The maximum absolute atomic E-state index is 13.6. The van der Waals surface area contributed by atoms with Crippen LogP contribution >= 0.6 is 0 Å². The van der Waals surface area contributed by atoms with Crippen LogP contribution in [0.5, 0.6) is 11.5 Å². The predicted octanol–water partition coefficient (Wildman–Crippen LogP) is 5.56. The number of hydrogen-bond donors (Lipinski definition) is 0.